The molecule has 0 aliphatic carbocycles. The van der Waals surface area contributed by atoms with E-state index in [-0.39, 0.29) is 0 Å². The van der Waals surface area contributed by atoms with E-state index in [1.54, 1.807) is 0 Å². The van der Waals surface area contributed by atoms with Crippen LogP contribution in [-0.4, -0.2) is 28.8 Å². The molecule has 13 heavy (non-hydrogen) atoms. The molecule has 0 aliphatic heterocycles. The maximum Gasteiger partial charge on any atom is 0.321 e. The average molecular weight is 204 g/mol. The average Bonchev–Trinajstić information content (AvgIpc) is 2.13. The summed E-state index contributed by atoms with van der Waals surface area (Å²) >= 11 is 0. The zero-order valence-electron chi connectivity index (χ0n) is 8.62. The Morgan fingerprint density at radius 2 is 1.77 bits per heavy atom. The summed E-state index contributed by atoms with van der Waals surface area (Å²) in [6.07, 6.45) is 3.65. The lowest BCUT2D eigenvalue weighted by Gasteiger charge is -2.13. The molecule has 0 saturated carbocycles. The summed E-state index contributed by atoms with van der Waals surface area (Å²) in [6, 6.07) is 1.02. The van der Waals surface area contributed by atoms with Crippen molar-refractivity contribution in [1.29, 1.82) is 0 Å². The van der Waals surface area contributed by atoms with Gasteiger partial charge < -0.3 is 13.6 Å². The lowest BCUT2D eigenvalue weighted by Crippen LogP contribution is -2.22. The topological polar surface area (TPSA) is 35.5 Å². The molecule has 0 aromatic rings. The Morgan fingerprint density at radius 1 is 1.15 bits per heavy atom. The molecule has 0 saturated heterocycles. The number of hydrogen-bond donors (Lipinski definition) is 0. The Morgan fingerprint density at radius 3 is 2.23 bits per heavy atom. The first-order chi connectivity index (χ1) is 6.35. The van der Waals surface area contributed by atoms with Crippen LogP contribution in [0.3, 0.4) is 0 Å². The molecule has 0 fully saturated rings. The van der Waals surface area contributed by atoms with E-state index in [4.69, 9.17) is 8.85 Å². The zero-order chi connectivity index (χ0) is 9.94. The van der Waals surface area contributed by atoms with Crippen LogP contribution in [0.5, 0.6) is 0 Å². The van der Waals surface area contributed by atoms with Gasteiger partial charge in [0, 0.05) is 19.6 Å². The highest BCUT2D eigenvalue weighted by Crippen LogP contribution is 2.05. The summed E-state index contributed by atoms with van der Waals surface area (Å²) in [5, 5.41) is 0. The molecule has 0 rings (SSSR count). The van der Waals surface area contributed by atoms with Crippen LogP contribution in [0, 0.1) is 0 Å². The van der Waals surface area contributed by atoms with E-state index in [1.807, 2.05) is 13.8 Å². The minimum Gasteiger partial charge on any atom is -0.397 e. The van der Waals surface area contributed by atoms with Crippen LogP contribution < -0.4 is 0 Å². The van der Waals surface area contributed by atoms with Crippen LogP contribution in [0.25, 0.3) is 0 Å². The standard InChI is InChI=1S/C9H20O3Si/c1-3-11-13(12-4-2)9-7-5-6-8-10/h8,13H,3-7,9H2,1-2H3. The van der Waals surface area contributed by atoms with E-state index >= 15 is 0 Å². The second kappa shape index (κ2) is 9.89. The predicted octanol–water partition coefficient (Wildman–Crippen LogP) is 1.65. The first kappa shape index (κ1) is 12.8. The van der Waals surface area contributed by atoms with Crippen molar-refractivity contribution in [3.63, 3.8) is 0 Å². The van der Waals surface area contributed by atoms with E-state index in [1.165, 1.54) is 0 Å². The summed E-state index contributed by atoms with van der Waals surface area (Å²) < 4.78 is 11.0. The van der Waals surface area contributed by atoms with Gasteiger partial charge in [-0.3, -0.25) is 0 Å². The highest BCUT2D eigenvalue weighted by molar-refractivity contribution is 6.44. The Hall–Kier alpha value is -0.193. The number of unbranched alkanes of at least 4 members (excludes halogenated alkanes) is 2. The summed E-state index contributed by atoms with van der Waals surface area (Å²) in [7, 11) is -1.39. The molecule has 0 atom stereocenters. The summed E-state index contributed by atoms with van der Waals surface area (Å²) in [5.74, 6) is 0. The van der Waals surface area contributed by atoms with Crippen LogP contribution in [0.4, 0.5) is 0 Å². The Balaban J connectivity index is 3.37. The van der Waals surface area contributed by atoms with Gasteiger partial charge in [-0.05, 0) is 26.3 Å². The minimum atomic E-state index is -1.39. The van der Waals surface area contributed by atoms with Gasteiger partial charge in [0.2, 0.25) is 0 Å². The highest BCUT2D eigenvalue weighted by Gasteiger charge is 2.10. The maximum absolute atomic E-state index is 10.0. The Bertz CT molecular complexity index is 113. The lowest BCUT2D eigenvalue weighted by molar-refractivity contribution is -0.107. The van der Waals surface area contributed by atoms with Crippen LogP contribution in [0.15, 0.2) is 0 Å². The summed E-state index contributed by atoms with van der Waals surface area (Å²) in [6.45, 7) is 5.46. The van der Waals surface area contributed by atoms with Gasteiger partial charge in [0.25, 0.3) is 0 Å². The van der Waals surface area contributed by atoms with Gasteiger partial charge in [-0.1, -0.05) is 6.42 Å². The third kappa shape index (κ3) is 8.15. The smallest absolute Gasteiger partial charge is 0.321 e. The van der Waals surface area contributed by atoms with Crippen molar-refractivity contribution >= 4 is 15.6 Å². The van der Waals surface area contributed by atoms with Crippen molar-refractivity contribution in [2.45, 2.75) is 39.2 Å². The van der Waals surface area contributed by atoms with Crippen molar-refractivity contribution in [1.82, 2.24) is 0 Å². The van der Waals surface area contributed by atoms with Gasteiger partial charge in [-0.2, -0.15) is 0 Å². The molecule has 0 bridgehead atoms. The van der Waals surface area contributed by atoms with Crippen LogP contribution in [-0.2, 0) is 13.6 Å². The van der Waals surface area contributed by atoms with E-state index < -0.39 is 9.28 Å². The molecule has 3 nitrogen and oxygen atoms in total. The SMILES string of the molecule is CCO[SiH](CCCCC=O)OCC. The van der Waals surface area contributed by atoms with Crippen molar-refractivity contribution in [2.75, 3.05) is 13.2 Å². The van der Waals surface area contributed by atoms with Gasteiger partial charge >= 0.3 is 9.28 Å². The molecule has 0 aromatic heterocycles. The largest absolute Gasteiger partial charge is 0.397 e. The molecular formula is C9H20O3Si. The van der Waals surface area contributed by atoms with Gasteiger partial charge in [0.15, 0.2) is 0 Å². The first-order valence-corrected chi connectivity index (χ1v) is 6.77. The number of carbonyl (C=O) groups is 1. The molecule has 0 aromatic carbocycles. The number of carbonyl (C=O) groups excluding carboxylic acids is 1. The van der Waals surface area contributed by atoms with Gasteiger partial charge in [-0.25, -0.2) is 0 Å². The van der Waals surface area contributed by atoms with Gasteiger partial charge in [-0.15, -0.1) is 0 Å². The number of rotatable bonds is 9. The first-order valence-electron chi connectivity index (χ1n) is 5.02. The predicted molar refractivity (Wildman–Crippen MR) is 55.1 cm³/mol. The molecule has 0 radical (unpaired) electrons. The third-order valence-corrected chi connectivity index (χ3v) is 4.01. The summed E-state index contributed by atoms with van der Waals surface area (Å²) in [4.78, 5) is 10.0. The summed E-state index contributed by atoms with van der Waals surface area (Å²) in [5.41, 5.74) is 0. The van der Waals surface area contributed by atoms with E-state index in [0.29, 0.717) is 6.42 Å². The Labute approximate surface area is 82.3 Å². The molecule has 0 aliphatic rings. The van der Waals surface area contributed by atoms with E-state index in [0.717, 1.165) is 38.4 Å². The number of hydrogen-bond acceptors (Lipinski definition) is 3. The second-order valence-electron chi connectivity index (χ2n) is 2.79. The molecule has 0 heterocycles. The van der Waals surface area contributed by atoms with Crippen molar-refractivity contribution in [3.05, 3.63) is 0 Å². The zero-order valence-corrected chi connectivity index (χ0v) is 9.78. The van der Waals surface area contributed by atoms with Gasteiger partial charge in [0.05, 0.1) is 0 Å². The maximum atomic E-state index is 10.0. The third-order valence-electron chi connectivity index (χ3n) is 1.72. The minimum absolute atomic E-state index is 0.666. The second-order valence-corrected chi connectivity index (χ2v) is 4.89. The molecule has 0 amide bonds. The van der Waals surface area contributed by atoms with E-state index in [9.17, 15) is 4.79 Å². The molecular weight excluding hydrogens is 184 g/mol. The normalized spacial score (nSPS) is 10.7. The molecule has 0 unspecified atom stereocenters. The monoisotopic (exact) mass is 204 g/mol. The lowest BCUT2D eigenvalue weighted by atomic mass is 10.3. The van der Waals surface area contributed by atoms with Crippen LogP contribution in [0.1, 0.15) is 33.1 Å². The van der Waals surface area contributed by atoms with Crippen LogP contribution in [0.2, 0.25) is 6.04 Å². The number of aldehydes is 1. The fourth-order valence-corrected chi connectivity index (χ4v) is 2.92. The van der Waals surface area contributed by atoms with E-state index in [2.05, 4.69) is 0 Å². The Kier molecular flexibility index (Phi) is 9.74. The fraction of sp³-hybridized carbons (Fsp3) is 0.889. The van der Waals surface area contributed by atoms with Crippen molar-refractivity contribution < 1.29 is 13.6 Å². The van der Waals surface area contributed by atoms with Gasteiger partial charge in [0.1, 0.15) is 6.29 Å². The van der Waals surface area contributed by atoms with Crippen molar-refractivity contribution in [3.8, 4) is 0 Å². The fourth-order valence-electron chi connectivity index (χ4n) is 1.13. The van der Waals surface area contributed by atoms with Crippen molar-refractivity contribution in [2.24, 2.45) is 0 Å². The highest BCUT2D eigenvalue weighted by atomic mass is 28.3. The molecule has 78 valence electrons. The quantitative estimate of drug-likeness (QED) is 0.325. The molecule has 0 N–H and O–H groups in total. The molecule has 4 heteroatoms. The van der Waals surface area contributed by atoms with Crippen LogP contribution >= 0.6 is 0 Å². The molecule has 0 spiro atoms.